The number of carbonyl (C=O) groups is 3. The number of nitrogens with zero attached hydrogens (tertiary/aromatic N) is 2. The molecule has 9 nitrogen and oxygen atoms in total. The zero-order valence-corrected chi connectivity index (χ0v) is 19.7. The first kappa shape index (κ1) is 23.7. The second-order valence-corrected chi connectivity index (χ2v) is 7.94. The van der Waals surface area contributed by atoms with Gasteiger partial charge < -0.3 is 19.8 Å². The number of hydrogen-bond donors (Lipinski definition) is 2. The minimum absolute atomic E-state index is 0.278. The molecule has 2 aromatic heterocycles. The van der Waals surface area contributed by atoms with Gasteiger partial charge in [-0.1, -0.05) is 18.2 Å². The van der Waals surface area contributed by atoms with E-state index in [0.717, 1.165) is 16.5 Å². The molecule has 0 aliphatic heterocycles. The molecule has 0 unspecified atom stereocenters. The number of benzene rings is 2. The van der Waals surface area contributed by atoms with E-state index in [2.05, 4.69) is 15.4 Å². The van der Waals surface area contributed by atoms with Gasteiger partial charge in [0.05, 0.1) is 31.3 Å². The Morgan fingerprint density at radius 3 is 2.57 bits per heavy atom. The van der Waals surface area contributed by atoms with E-state index >= 15 is 0 Å². The van der Waals surface area contributed by atoms with Gasteiger partial charge in [-0.25, -0.2) is 14.3 Å². The van der Waals surface area contributed by atoms with Crippen molar-refractivity contribution in [2.75, 3.05) is 13.7 Å². The van der Waals surface area contributed by atoms with Crippen molar-refractivity contribution in [3.8, 4) is 5.69 Å². The first-order chi connectivity index (χ1) is 16.9. The van der Waals surface area contributed by atoms with E-state index in [9.17, 15) is 14.4 Å². The average Bonchev–Trinajstić information content (AvgIpc) is 3.46. The van der Waals surface area contributed by atoms with Crippen molar-refractivity contribution in [3.63, 3.8) is 0 Å². The van der Waals surface area contributed by atoms with Gasteiger partial charge in [0.25, 0.3) is 5.91 Å². The summed E-state index contributed by atoms with van der Waals surface area (Å²) in [6, 6.07) is 13.6. The van der Waals surface area contributed by atoms with E-state index < -0.39 is 23.9 Å². The van der Waals surface area contributed by atoms with Crippen LogP contribution >= 0.6 is 0 Å². The second-order valence-electron chi connectivity index (χ2n) is 7.94. The van der Waals surface area contributed by atoms with Gasteiger partial charge in [-0.2, -0.15) is 5.10 Å². The Bertz CT molecular complexity index is 1370. The fourth-order valence-electron chi connectivity index (χ4n) is 3.93. The maximum absolute atomic E-state index is 12.9. The molecule has 4 aromatic rings. The van der Waals surface area contributed by atoms with Crippen LogP contribution in [0.25, 0.3) is 16.6 Å². The van der Waals surface area contributed by atoms with Crippen molar-refractivity contribution in [1.82, 2.24) is 20.1 Å². The minimum Gasteiger partial charge on any atom is -0.467 e. The number of aromatic amines is 1. The number of para-hydroxylation sites is 1. The van der Waals surface area contributed by atoms with E-state index in [4.69, 9.17) is 9.47 Å². The van der Waals surface area contributed by atoms with Crippen LogP contribution in [0.1, 0.15) is 38.9 Å². The number of ether oxygens (including phenoxy) is 2. The lowest BCUT2D eigenvalue weighted by molar-refractivity contribution is -0.142. The zero-order chi connectivity index (χ0) is 24.9. The average molecular weight is 475 g/mol. The van der Waals surface area contributed by atoms with Crippen molar-refractivity contribution in [1.29, 1.82) is 0 Å². The largest absolute Gasteiger partial charge is 0.467 e. The topological polar surface area (TPSA) is 115 Å². The van der Waals surface area contributed by atoms with Crippen LogP contribution in [0, 0.1) is 6.92 Å². The molecule has 0 bridgehead atoms. The van der Waals surface area contributed by atoms with E-state index in [1.165, 1.54) is 13.3 Å². The van der Waals surface area contributed by atoms with Gasteiger partial charge in [0.15, 0.2) is 0 Å². The molecule has 4 rings (SSSR count). The first-order valence-corrected chi connectivity index (χ1v) is 11.2. The molecule has 180 valence electrons. The lowest BCUT2D eigenvalue weighted by Crippen LogP contribution is -2.43. The number of hydrogen-bond acceptors (Lipinski definition) is 6. The Labute approximate surface area is 202 Å². The normalized spacial score (nSPS) is 11.7. The summed E-state index contributed by atoms with van der Waals surface area (Å²) in [6.07, 6.45) is 3.57. The van der Waals surface area contributed by atoms with Crippen molar-refractivity contribution in [2.45, 2.75) is 26.3 Å². The standard InChI is InChI=1S/C26H26N4O5/c1-4-35-25(32)21-15-28-30(16(21)2)19-11-9-17(10-12-19)24(31)29-23(26(33)34-3)13-18-14-27-22-8-6-5-7-20(18)22/h5-12,14-15,23,27H,4,13H2,1-3H3,(H,29,31)/t23-/m1/s1. The van der Waals surface area contributed by atoms with Crippen molar-refractivity contribution >= 4 is 28.7 Å². The van der Waals surface area contributed by atoms with Crippen LogP contribution in [-0.4, -0.2) is 52.4 Å². The van der Waals surface area contributed by atoms with Crippen LogP contribution in [0.3, 0.4) is 0 Å². The Morgan fingerprint density at radius 1 is 1.11 bits per heavy atom. The lowest BCUT2D eigenvalue weighted by atomic mass is 10.0. The van der Waals surface area contributed by atoms with Gasteiger partial charge in [-0.3, -0.25) is 4.79 Å². The number of carbonyl (C=O) groups excluding carboxylic acids is 3. The Kier molecular flexibility index (Phi) is 6.96. The summed E-state index contributed by atoms with van der Waals surface area (Å²) in [5, 5.41) is 8.03. The van der Waals surface area contributed by atoms with E-state index in [-0.39, 0.29) is 13.0 Å². The summed E-state index contributed by atoms with van der Waals surface area (Å²) in [5.41, 5.74) is 3.91. The third-order valence-electron chi connectivity index (χ3n) is 5.77. The smallest absolute Gasteiger partial charge is 0.341 e. The molecule has 9 heteroatoms. The van der Waals surface area contributed by atoms with Gasteiger partial charge in [0, 0.05) is 29.1 Å². The van der Waals surface area contributed by atoms with Crippen LogP contribution in [-0.2, 0) is 20.7 Å². The third-order valence-corrected chi connectivity index (χ3v) is 5.77. The molecule has 1 atom stereocenters. The summed E-state index contributed by atoms with van der Waals surface area (Å²) in [7, 11) is 1.29. The summed E-state index contributed by atoms with van der Waals surface area (Å²) in [6.45, 7) is 3.79. The third kappa shape index (κ3) is 4.93. The maximum atomic E-state index is 12.9. The first-order valence-electron chi connectivity index (χ1n) is 11.2. The highest BCUT2D eigenvalue weighted by Crippen LogP contribution is 2.20. The summed E-state index contributed by atoms with van der Waals surface area (Å²) in [5.74, 6) is -1.37. The molecule has 0 saturated carbocycles. The Balaban J connectivity index is 1.50. The van der Waals surface area contributed by atoms with Crippen molar-refractivity contribution in [2.24, 2.45) is 0 Å². The highest BCUT2D eigenvalue weighted by Gasteiger charge is 2.24. The van der Waals surface area contributed by atoms with Gasteiger partial charge in [-0.05, 0) is 49.7 Å². The number of esters is 2. The molecular formula is C26H26N4O5. The predicted octanol–water partition coefficient (Wildman–Crippen LogP) is 3.35. The molecule has 0 spiro atoms. The number of aromatic nitrogens is 3. The van der Waals surface area contributed by atoms with Gasteiger partial charge in [-0.15, -0.1) is 0 Å². The number of amides is 1. The molecule has 35 heavy (non-hydrogen) atoms. The van der Waals surface area contributed by atoms with Crippen LogP contribution in [0.4, 0.5) is 0 Å². The number of H-pyrrole nitrogens is 1. The molecule has 0 saturated heterocycles. The molecule has 0 fully saturated rings. The molecule has 2 aromatic carbocycles. The summed E-state index contributed by atoms with van der Waals surface area (Å²) >= 11 is 0. The second kappa shape index (κ2) is 10.3. The van der Waals surface area contributed by atoms with E-state index in [1.54, 1.807) is 42.8 Å². The maximum Gasteiger partial charge on any atom is 0.341 e. The fraction of sp³-hybridized carbons (Fsp3) is 0.231. The van der Waals surface area contributed by atoms with Crippen molar-refractivity contribution in [3.05, 3.63) is 83.3 Å². The summed E-state index contributed by atoms with van der Waals surface area (Å²) in [4.78, 5) is 40.6. The lowest BCUT2D eigenvalue weighted by Gasteiger charge is -2.16. The Hall–Kier alpha value is -4.40. The number of nitrogens with one attached hydrogen (secondary N) is 2. The molecule has 1 amide bonds. The Morgan fingerprint density at radius 2 is 1.86 bits per heavy atom. The minimum atomic E-state index is -0.855. The molecule has 0 aliphatic rings. The fourth-order valence-corrected chi connectivity index (χ4v) is 3.93. The predicted molar refractivity (Wildman–Crippen MR) is 130 cm³/mol. The molecule has 2 N–H and O–H groups in total. The van der Waals surface area contributed by atoms with Crippen LogP contribution in [0.15, 0.2) is 60.9 Å². The monoisotopic (exact) mass is 474 g/mol. The van der Waals surface area contributed by atoms with Crippen LogP contribution in [0.2, 0.25) is 0 Å². The van der Waals surface area contributed by atoms with Gasteiger partial charge in [0.1, 0.15) is 11.6 Å². The van der Waals surface area contributed by atoms with E-state index in [1.807, 2.05) is 30.5 Å². The van der Waals surface area contributed by atoms with Crippen LogP contribution < -0.4 is 5.32 Å². The number of rotatable bonds is 8. The molecular weight excluding hydrogens is 448 g/mol. The highest BCUT2D eigenvalue weighted by molar-refractivity contribution is 5.97. The number of methoxy groups -OCH3 is 1. The molecule has 2 heterocycles. The quantitative estimate of drug-likeness (QED) is 0.379. The zero-order valence-electron chi connectivity index (χ0n) is 19.7. The SMILES string of the molecule is CCOC(=O)c1cnn(-c2ccc(C(=O)N[C@H](Cc3c[nH]c4ccccc34)C(=O)OC)cc2)c1C. The van der Waals surface area contributed by atoms with Crippen molar-refractivity contribution < 1.29 is 23.9 Å². The van der Waals surface area contributed by atoms with Gasteiger partial charge >= 0.3 is 11.9 Å². The van der Waals surface area contributed by atoms with Crippen LogP contribution in [0.5, 0.6) is 0 Å². The molecule has 0 aliphatic carbocycles. The van der Waals surface area contributed by atoms with E-state index in [0.29, 0.717) is 22.5 Å². The van der Waals surface area contributed by atoms with Gasteiger partial charge in [0.2, 0.25) is 0 Å². The highest BCUT2D eigenvalue weighted by atomic mass is 16.5. The summed E-state index contributed by atoms with van der Waals surface area (Å²) < 4.78 is 11.6. The molecule has 0 radical (unpaired) electrons. The number of fused-ring (bicyclic) bond motifs is 1.